The summed E-state index contributed by atoms with van der Waals surface area (Å²) in [4.78, 5) is 27.7. The lowest BCUT2D eigenvalue weighted by molar-refractivity contribution is -0.137. The number of likely N-dealkylation sites (tertiary alicyclic amines) is 1. The number of fused-ring (bicyclic) bond motifs is 5. The van der Waals surface area contributed by atoms with E-state index >= 15 is 0 Å². The van der Waals surface area contributed by atoms with Crippen molar-refractivity contribution in [3.63, 3.8) is 0 Å². The van der Waals surface area contributed by atoms with Crippen molar-refractivity contribution in [2.24, 2.45) is 34.5 Å². The minimum absolute atomic E-state index is 0.0740. The number of allylic oxidation sites excluding steroid dienone is 2. The molecule has 0 bridgehead atoms. The number of hydrogen-bond donors (Lipinski definition) is 1. The minimum atomic E-state index is 0.0740. The van der Waals surface area contributed by atoms with Crippen LogP contribution < -0.4 is 5.32 Å². The van der Waals surface area contributed by atoms with Gasteiger partial charge in [-0.15, -0.1) is 0 Å². The molecule has 1 aromatic carbocycles. The fourth-order valence-corrected chi connectivity index (χ4v) is 8.29. The number of nitrogens with zero attached hydrogens (tertiary/aromatic N) is 1. The third kappa shape index (κ3) is 3.01. The standard InChI is InChI=1S/C27H36N2O2/c1-17-16-19-20-10-11-22(25(31)28-18-8-6-5-7-9-18)26(20,2)14-12-21(19)27(3)15-13-23(30)29(4)24(17)27/h5-9,19-22H,10-16H2,1-4H3,(H,28,31)/t19-,20-,21-,22+,26-,27+/m0/s1. The van der Waals surface area contributed by atoms with Gasteiger partial charge in [0, 0.05) is 36.2 Å². The summed E-state index contributed by atoms with van der Waals surface area (Å²) in [5, 5.41) is 3.19. The highest BCUT2D eigenvalue weighted by Crippen LogP contribution is 2.66. The predicted octanol–water partition coefficient (Wildman–Crippen LogP) is 5.62. The zero-order valence-corrected chi connectivity index (χ0v) is 19.4. The number of hydrogen-bond acceptors (Lipinski definition) is 2. The molecule has 4 nitrogen and oxygen atoms in total. The Morgan fingerprint density at radius 2 is 1.81 bits per heavy atom. The smallest absolute Gasteiger partial charge is 0.228 e. The van der Waals surface area contributed by atoms with Crippen molar-refractivity contribution in [3.05, 3.63) is 41.6 Å². The molecule has 0 aromatic heterocycles. The van der Waals surface area contributed by atoms with Gasteiger partial charge in [-0.2, -0.15) is 0 Å². The number of carbonyl (C=O) groups excluding carboxylic acids is 2. The van der Waals surface area contributed by atoms with Crippen LogP contribution in [0, 0.1) is 34.5 Å². The Balaban J connectivity index is 1.43. The molecule has 4 aliphatic rings. The van der Waals surface area contributed by atoms with Gasteiger partial charge in [-0.3, -0.25) is 9.59 Å². The first kappa shape index (κ1) is 20.8. The van der Waals surface area contributed by atoms with Crippen molar-refractivity contribution in [1.82, 2.24) is 4.90 Å². The quantitative estimate of drug-likeness (QED) is 0.675. The van der Waals surface area contributed by atoms with E-state index in [4.69, 9.17) is 0 Å². The van der Waals surface area contributed by atoms with Crippen molar-refractivity contribution >= 4 is 17.5 Å². The summed E-state index contributed by atoms with van der Waals surface area (Å²) >= 11 is 0. The molecule has 6 atom stereocenters. The lowest BCUT2D eigenvalue weighted by Crippen LogP contribution is -2.54. The van der Waals surface area contributed by atoms with E-state index in [-0.39, 0.29) is 28.6 Å². The van der Waals surface area contributed by atoms with Crippen LogP contribution in [0.5, 0.6) is 0 Å². The highest BCUT2D eigenvalue weighted by atomic mass is 16.2. The highest BCUT2D eigenvalue weighted by Gasteiger charge is 2.61. The fraction of sp³-hybridized carbons (Fsp3) is 0.630. The molecule has 3 fully saturated rings. The van der Waals surface area contributed by atoms with Gasteiger partial charge in [-0.25, -0.2) is 0 Å². The molecule has 0 radical (unpaired) electrons. The maximum atomic E-state index is 13.3. The molecular formula is C27H36N2O2. The number of piperidine rings is 1. The molecule has 1 saturated heterocycles. The van der Waals surface area contributed by atoms with E-state index in [0.717, 1.165) is 37.8 Å². The van der Waals surface area contributed by atoms with Crippen LogP contribution in [0.2, 0.25) is 0 Å². The Hall–Kier alpha value is -2.10. The van der Waals surface area contributed by atoms with Crippen LogP contribution in [0.3, 0.4) is 0 Å². The van der Waals surface area contributed by atoms with Crippen molar-refractivity contribution in [1.29, 1.82) is 0 Å². The molecule has 3 aliphatic carbocycles. The number of nitrogens with one attached hydrogen (secondary N) is 1. The van der Waals surface area contributed by atoms with Crippen molar-refractivity contribution in [2.45, 2.75) is 65.7 Å². The summed E-state index contributed by atoms with van der Waals surface area (Å²) in [5.41, 5.74) is 3.79. The molecule has 1 aromatic rings. The van der Waals surface area contributed by atoms with Gasteiger partial charge in [0.05, 0.1) is 0 Å². The van der Waals surface area contributed by atoms with Crippen LogP contribution in [0.4, 0.5) is 5.69 Å². The topological polar surface area (TPSA) is 49.4 Å². The van der Waals surface area contributed by atoms with Crippen molar-refractivity contribution < 1.29 is 9.59 Å². The molecule has 5 rings (SSSR count). The molecule has 1 N–H and O–H groups in total. The lowest BCUT2D eigenvalue weighted by Gasteiger charge is -2.59. The van der Waals surface area contributed by atoms with E-state index in [9.17, 15) is 9.59 Å². The van der Waals surface area contributed by atoms with E-state index < -0.39 is 0 Å². The summed E-state index contributed by atoms with van der Waals surface area (Å²) in [7, 11) is 1.98. The molecule has 2 saturated carbocycles. The molecule has 4 heteroatoms. The number of benzene rings is 1. The number of rotatable bonds is 2. The van der Waals surface area contributed by atoms with Crippen LogP contribution in [-0.2, 0) is 9.59 Å². The Kier molecular flexibility index (Phi) is 4.84. The normalized spacial score (nSPS) is 39.6. The average molecular weight is 421 g/mol. The van der Waals surface area contributed by atoms with E-state index in [0.29, 0.717) is 24.2 Å². The molecule has 1 heterocycles. The summed E-state index contributed by atoms with van der Waals surface area (Å²) in [5.74, 6) is 2.40. The van der Waals surface area contributed by atoms with Gasteiger partial charge in [-0.05, 0) is 80.8 Å². The van der Waals surface area contributed by atoms with E-state index in [1.54, 1.807) is 0 Å². The Morgan fingerprint density at radius 3 is 2.55 bits per heavy atom. The SMILES string of the molecule is CC1=C2N(C)C(=O)CC[C@]2(C)[C@H]2CC[C@]3(C)[C@@H](C(=O)Nc4ccccc4)CC[C@H]3[C@@H]2C1. The molecule has 0 spiro atoms. The van der Waals surface area contributed by atoms with Crippen LogP contribution in [0.15, 0.2) is 41.6 Å². The first-order valence-corrected chi connectivity index (χ1v) is 12.1. The second-order valence-electron chi connectivity index (χ2n) is 11.1. The van der Waals surface area contributed by atoms with E-state index in [1.165, 1.54) is 17.7 Å². The van der Waals surface area contributed by atoms with Crippen LogP contribution in [0.1, 0.15) is 65.7 Å². The van der Waals surface area contributed by atoms with Gasteiger partial charge in [0.2, 0.25) is 11.8 Å². The molecule has 0 unspecified atom stereocenters. The number of para-hydroxylation sites is 1. The summed E-state index contributed by atoms with van der Waals surface area (Å²) in [6.07, 6.45) is 7.15. The predicted molar refractivity (Wildman–Crippen MR) is 123 cm³/mol. The molecular weight excluding hydrogens is 384 g/mol. The fourth-order valence-electron chi connectivity index (χ4n) is 8.29. The maximum absolute atomic E-state index is 13.3. The Bertz CT molecular complexity index is 938. The van der Waals surface area contributed by atoms with E-state index in [2.05, 4.69) is 26.1 Å². The largest absolute Gasteiger partial charge is 0.326 e. The number of carbonyl (C=O) groups is 2. The van der Waals surface area contributed by atoms with Gasteiger partial charge in [0.15, 0.2) is 0 Å². The second-order valence-corrected chi connectivity index (χ2v) is 11.1. The van der Waals surface area contributed by atoms with Gasteiger partial charge < -0.3 is 10.2 Å². The zero-order chi connectivity index (χ0) is 22.0. The summed E-state index contributed by atoms with van der Waals surface area (Å²) in [6, 6.07) is 9.88. The van der Waals surface area contributed by atoms with Crippen LogP contribution in [-0.4, -0.2) is 23.8 Å². The summed E-state index contributed by atoms with van der Waals surface area (Å²) in [6.45, 7) is 7.06. The molecule has 1 aliphatic heterocycles. The van der Waals surface area contributed by atoms with Gasteiger partial charge in [0.25, 0.3) is 0 Å². The molecule has 166 valence electrons. The van der Waals surface area contributed by atoms with Gasteiger partial charge in [-0.1, -0.05) is 37.6 Å². The van der Waals surface area contributed by atoms with Crippen LogP contribution >= 0.6 is 0 Å². The zero-order valence-electron chi connectivity index (χ0n) is 19.4. The van der Waals surface area contributed by atoms with Gasteiger partial charge in [0.1, 0.15) is 0 Å². The number of anilines is 1. The first-order chi connectivity index (χ1) is 14.8. The van der Waals surface area contributed by atoms with Crippen LogP contribution in [0.25, 0.3) is 0 Å². The van der Waals surface area contributed by atoms with Crippen molar-refractivity contribution in [3.8, 4) is 0 Å². The summed E-state index contributed by atoms with van der Waals surface area (Å²) < 4.78 is 0. The first-order valence-electron chi connectivity index (χ1n) is 12.1. The maximum Gasteiger partial charge on any atom is 0.228 e. The van der Waals surface area contributed by atoms with Gasteiger partial charge >= 0.3 is 0 Å². The second kappa shape index (κ2) is 7.21. The molecule has 31 heavy (non-hydrogen) atoms. The third-order valence-electron chi connectivity index (χ3n) is 9.67. The third-order valence-corrected chi connectivity index (χ3v) is 9.67. The molecule has 2 amide bonds. The highest BCUT2D eigenvalue weighted by molar-refractivity contribution is 5.93. The Labute approximate surface area is 186 Å². The lowest BCUT2D eigenvalue weighted by atomic mass is 9.48. The Morgan fingerprint density at radius 1 is 1.06 bits per heavy atom. The minimum Gasteiger partial charge on any atom is -0.326 e. The van der Waals surface area contributed by atoms with E-state index in [1.807, 2.05) is 42.3 Å². The number of amides is 2. The average Bonchev–Trinajstić information content (AvgIpc) is 3.09. The monoisotopic (exact) mass is 420 g/mol. The van der Waals surface area contributed by atoms with Crippen molar-refractivity contribution in [2.75, 3.05) is 12.4 Å².